The van der Waals surface area contributed by atoms with Crippen LogP contribution in [0.15, 0.2) is 54.6 Å². The quantitative estimate of drug-likeness (QED) is 0.377. The number of nitrogens with one attached hydrogen (secondary N) is 1. The summed E-state index contributed by atoms with van der Waals surface area (Å²) >= 11 is 6.49. The molecule has 1 amide bonds. The topological polar surface area (TPSA) is 65.0 Å². The van der Waals surface area contributed by atoms with Crippen molar-refractivity contribution >= 4 is 34.0 Å². The number of hydrogen-bond acceptors (Lipinski definition) is 5. The van der Waals surface area contributed by atoms with Crippen molar-refractivity contribution in [2.75, 3.05) is 37.6 Å². The molecular weight excluding hydrogens is 517 g/mol. The molecule has 3 aromatic carbocycles. The Bertz CT molecular complexity index is 1340. The Morgan fingerprint density at radius 1 is 1.03 bits per heavy atom. The fourth-order valence-electron chi connectivity index (χ4n) is 5.77. The summed E-state index contributed by atoms with van der Waals surface area (Å²) in [5.74, 6) is 0.173. The van der Waals surface area contributed by atoms with Crippen molar-refractivity contribution in [3.63, 3.8) is 0 Å². The van der Waals surface area contributed by atoms with E-state index in [-0.39, 0.29) is 23.7 Å². The minimum Gasteiger partial charge on any atom is -0.489 e. The molecule has 1 saturated carbocycles. The maximum atomic E-state index is 13.6. The molecule has 2 saturated heterocycles. The third-order valence-corrected chi connectivity index (χ3v) is 8.48. The predicted octanol–water partition coefficient (Wildman–Crippen LogP) is 5.31. The van der Waals surface area contributed by atoms with Gasteiger partial charge in [0.05, 0.1) is 23.1 Å². The van der Waals surface area contributed by atoms with Gasteiger partial charge in [0.25, 0.3) is 0 Å². The number of rotatable bonds is 9. The largest absolute Gasteiger partial charge is 0.489 e. The molecule has 8 heteroatoms. The van der Waals surface area contributed by atoms with Crippen molar-refractivity contribution in [2.45, 2.75) is 50.4 Å². The molecule has 2 aliphatic heterocycles. The summed E-state index contributed by atoms with van der Waals surface area (Å²) in [4.78, 5) is 18.0. The Morgan fingerprint density at radius 3 is 2.56 bits per heavy atom. The van der Waals surface area contributed by atoms with Crippen molar-refractivity contribution in [3.8, 4) is 5.75 Å². The van der Waals surface area contributed by atoms with Crippen LogP contribution in [0, 0.1) is 11.7 Å². The van der Waals surface area contributed by atoms with E-state index < -0.39 is 12.1 Å². The predicted molar refractivity (Wildman–Crippen MR) is 152 cm³/mol. The Kier molecular flexibility index (Phi) is 7.65. The van der Waals surface area contributed by atoms with Crippen molar-refractivity contribution in [1.29, 1.82) is 0 Å². The number of nitrogens with zero attached hydrogens (tertiary/aromatic N) is 2. The molecule has 6 nitrogen and oxygen atoms in total. The molecule has 0 radical (unpaired) electrons. The van der Waals surface area contributed by atoms with E-state index in [1.165, 1.54) is 12.1 Å². The van der Waals surface area contributed by atoms with Gasteiger partial charge in [0, 0.05) is 25.3 Å². The molecule has 2 N–H and O–H groups in total. The van der Waals surface area contributed by atoms with E-state index in [9.17, 15) is 14.3 Å². The van der Waals surface area contributed by atoms with E-state index in [0.717, 1.165) is 68.2 Å². The Morgan fingerprint density at radius 2 is 1.79 bits per heavy atom. The van der Waals surface area contributed by atoms with Crippen molar-refractivity contribution in [2.24, 2.45) is 5.92 Å². The number of carbonyl (C=O) groups excluding carboxylic acids is 1. The molecule has 206 valence electrons. The van der Waals surface area contributed by atoms with E-state index in [2.05, 4.69) is 21.2 Å². The van der Waals surface area contributed by atoms with Crippen LogP contribution in [0.1, 0.15) is 43.8 Å². The molecule has 3 aromatic rings. The Balaban J connectivity index is 1.14. The van der Waals surface area contributed by atoms with Crippen molar-refractivity contribution in [1.82, 2.24) is 10.2 Å². The van der Waals surface area contributed by atoms with Crippen LogP contribution in [0.4, 0.5) is 10.1 Å². The second-order valence-electron chi connectivity index (χ2n) is 11.2. The number of benzene rings is 3. The lowest BCUT2D eigenvalue weighted by Crippen LogP contribution is -2.48. The monoisotopic (exact) mass is 551 g/mol. The molecule has 0 aromatic heterocycles. The first-order chi connectivity index (χ1) is 18.9. The fraction of sp³-hybridized carbons (Fsp3) is 0.452. The molecule has 2 heterocycles. The molecule has 3 fully saturated rings. The molecular formula is C31H35ClFN3O3. The fourth-order valence-corrected chi connectivity index (χ4v) is 6.01. The lowest BCUT2D eigenvalue weighted by Gasteiger charge is -2.30. The van der Waals surface area contributed by atoms with Crippen LogP contribution in [-0.4, -0.2) is 60.8 Å². The van der Waals surface area contributed by atoms with Gasteiger partial charge in [-0.25, -0.2) is 4.39 Å². The summed E-state index contributed by atoms with van der Waals surface area (Å²) < 4.78 is 19.4. The summed E-state index contributed by atoms with van der Waals surface area (Å²) in [5.41, 5.74) is 1.70. The SMILES string of the molecule is O=C(N[C@H](CN1CCCC1)[C@H](O)c1ccc(OC2CC2)c(Cl)c1)[C@@H]1CCN(c2ccc3cc(F)ccc3c2)C1. The number of anilines is 1. The van der Waals surface area contributed by atoms with Gasteiger partial charge in [-0.05, 0) is 97.9 Å². The number of aliphatic hydroxyl groups excluding tert-OH is 1. The van der Waals surface area contributed by atoms with E-state index in [4.69, 9.17) is 16.3 Å². The molecule has 0 unspecified atom stereocenters. The molecule has 6 rings (SSSR count). The van der Waals surface area contributed by atoms with Crippen molar-refractivity contribution < 1.29 is 19.0 Å². The van der Waals surface area contributed by atoms with Crippen LogP contribution >= 0.6 is 11.6 Å². The van der Waals surface area contributed by atoms with Crippen LogP contribution in [0.25, 0.3) is 10.8 Å². The zero-order valence-corrected chi connectivity index (χ0v) is 22.7. The maximum absolute atomic E-state index is 13.6. The minimum absolute atomic E-state index is 0.0385. The highest BCUT2D eigenvalue weighted by molar-refractivity contribution is 6.32. The van der Waals surface area contributed by atoms with Crippen LogP contribution in [0.3, 0.4) is 0 Å². The number of aliphatic hydroxyl groups is 1. The van der Waals surface area contributed by atoms with Gasteiger partial charge in [0.1, 0.15) is 17.7 Å². The van der Waals surface area contributed by atoms with Crippen LogP contribution in [0.5, 0.6) is 5.75 Å². The standard InChI is InChI=1S/C31H35ClFN3O3/c32-27-17-22(5-10-29(27)39-26-8-9-26)30(37)28(19-35-12-1-2-13-35)34-31(38)23-11-14-36(18-23)25-7-4-20-15-24(33)6-3-21(20)16-25/h3-7,10,15-17,23,26,28,30,37H,1-2,8-9,11-14,18-19H2,(H,34,38)/t23-,28-,30-/m1/s1. The number of fused-ring (bicyclic) bond motifs is 1. The molecule has 0 bridgehead atoms. The van der Waals surface area contributed by atoms with E-state index in [1.807, 2.05) is 24.3 Å². The van der Waals surface area contributed by atoms with Gasteiger partial charge < -0.3 is 25.0 Å². The number of likely N-dealkylation sites (tertiary alicyclic amines) is 1. The normalized spacial score (nSPS) is 21.3. The van der Waals surface area contributed by atoms with Gasteiger partial charge in [-0.1, -0.05) is 29.8 Å². The molecule has 3 aliphatic rings. The zero-order valence-electron chi connectivity index (χ0n) is 22.0. The molecule has 39 heavy (non-hydrogen) atoms. The zero-order chi connectivity index (χ0) is 26.9. The first kappa shape index (κ1) is 26.4. The highest BCUT2D eigenvalue weighted by Crippen LogP contribution is 2.34. The highest BCUT2D eigenvalue weighted by atomic mass is 35.5. The van der Waals surface area contributed by atoms with E-state index in [1.54, 1.807) is 12.1 Å². The van der Waals surface area contributed by atoms with Gasteiger partial charge in [-0.2, -0.15) is 0 Å². The number of ether oxygens (including phenoxy) is 1. The van der Waals surface area contributed by atoms with Crippen molar-refractivity contribution in [3.05, 3.63) is 71.0 Å². The summed E-state index contributed by atoms with van der Waals surface area (Å²) in [6, 6.07) is 15.7. The average molecular weight is 552 g/mol. The average Bonchev–Trinajstić information content (AvgIpc) is 3.36. The van der Waals surface area contributed by atoms with Crippen LogP contribution in [0.2, 0.25) is 5.02 Å². The summed E-state index contributed by atoms with van der Waals surface area (Å²) in [5, 5.41) is 16.9. The Labute approximate surface area is 233 Å². The van der Waals surface area contributed by atoms with Gasteiger partial charge in [0.2, 0.25) is 5.91 Å². The van der Waals surface area contributed by atoms with Crippen LogP contribution < -0.4 is 15.0 Å². The number of amides is 1. The highest BCUT2D eigenvalue weighted by Gasteiger charge is 2.33. The lowest BCUT2D eigenvalue weighted by atomic mass is 10.00. The number of carbonyl (C=O) groups is 1. The Hall–Kier alpha value is -2.87. The number of hydrogen-bond donors (Lipinski definition) is 2. The summed E-state index contributed by atoms with van der Waals surface area (Å²) in [7, 11) is 0. The van der Waals surface area contributed by atoms with Crippen LogP contribution in [-0.2, 0) is 4.79 Å². The maximum Gasteiger partial charge on any atom is 0.225 e. The van der Waals surface area contributed by atoms with Gasteiger partial charge in [-0.3, -0.25) is 4.79 Å². The number of halogens is 2. The summed E-state index contributed by atoms with van der Waals surface area (Å²) in [6.07, 6.45) is 4.44. The molecule has 3 atom stereocenters. The van der Waals surface area contributed by atoms with Gasteiger partial charge >= 0.3 is 0 Å². The molecule has 1 aliphatic carbocycles. The van der Waals surface area contributed by atoms with Gasteiger partial charge in [-0.15, -0.1) is 0 Å². The van der Waals surface area contributed by atoms with E-state index in [0.29, 0.717) is 29.4 Å². The third-order valence-electron chi connectivity index (χ3n) is 8.19. The lowest BCUT2D eigenvalue weighted by molar-refractivity contribution is -0.126. The third kappa shape index (κ3) is 6.16. The first-order valence-corrected chi connectivity index (χ1v) is 14.4. The second kappa shape index (κ2) is 11.3. The minimum atomic E-state index is -0.889. The second-order valence-corrected chi connectivity index (χ2v) is 11.6. The summed E-state index contributed by atoms with van der Waals surface area (Å²) in [6.45, 7) is 3.89. The van der Waals surface area contributed by atoms with Gasteiger partial charge in [0.15, 0.2) is 0 Å². The smallest absolute Gasteiger partial charge is 0.225 e. The first-order valence-electron chi connectivity index (χ1n) is 14.0. The van der Waals surface area contributed by atoms with E-state index >= 15 is 0 Å². The molecule has 0 spiro atoms.